The summed E-state index contributed by atoms with van der Waals surface area (Å²) in [5, 5.41) is 20.3. The lowest BCUT2D eigenvalue weighted by molar-refractivity contribution is 0.0688. The first-order chi connectivity index (χ1) is 11.0. The molecule has 2 heterocycles. The molecular formula is C15H15ClN4O2S. The quantitative estimate of drug-likeness (QED) is 0.723. The van der Waals surface area contributed by atoms with E-state index >= 15 is 0 Å². The molecule has 23 heavy (non-hydrogen) atoms. The lowest BCUT2D eigenvalue weighted by atomic mass is 10.1. The average molecular weight is 351 g/mol. The van der Waals surface area contributed by atoms with Crippen molar-refractivity contribution in [1.29, 1.82) is 0 Å². The summed E-state index contributed by atoms with van der Waals surface area (Å²) in [5.74, 6) is -1.03. The maximum Gasteiger partial charge on any atom is 0.356 e. The smallest absolute Gasteiger partial charge is 0.356 e. The van der Waals surface area contributed by atoms with Crippen LogP contribution in [0.1, 0.15) is 27.3 Å². The summed E-state index contributed by atoms with van der Waals surface area (Å²) in [7, 11) is 0. The molecule has 8 heteroatoms. The summed E-state index contributed by atoms with van der Waals surface area (Å²) >= 11 is 11.4. The van der Waals surface area contributed by atoms with Crippen LogP contribution in [0.3, 0.4) is 0 Å². The van der Waals surface area contributed by atoms with Gasteiger partial charge in [-0.05, 0) is 42.9 Å². The number of nitrogens with one attached hydrogen (secondary N) is 2. The van der Waals surface area contributed by atoms with Gasteiger partial charge in [-0.1, -0.05) is 11.6 Å². The number of halogens is 1. The number of H-pyrrole nitrogens is 1. The third kappa shape index (κ3) is 3.16. The van der Waals surface area contributed by atoms with Gasteiger partial charge >= 0.3 is 5.97 Å². The zero-order chi connectivity index (χ0) is 16.6. The van der Waals surface area contributed by atoms with Crippen molar-refractivity contribution in [2.45, 2.75) is 19.9 Å². The Morgan fingerprint density at radius 2 is 2.30 bits per heavy atom. The SMILES string of the molecule is Cc1cc(Cl)ccc1NC(=S)N1CCc2[nH]nc(C(=O)O)c2C1. The molecule has 0 unspecified atom stereocenters. The molecule has 0 spiro atoms. The second kappa shape index (κ2) is 6.17. The second-order valence-corrected chi connectivity index (χ2v) is 6.22. The molecule has 0 aliphatic carbocycles. The molecule has 0 saturated heterocycles. The van der Waals surface area contributed by atoms with E-state index in [1.165, 1.54) is 0 Å². The number of anilines is 1. The fourth-order valence-corrected chi connectivity index (χ4v) is 3.10. The van der Waals surface area contributed by atoms with Gasteiger partial charge in [0.1, 0.15) is 0 Å². The third-order valence-corrected chi connectivity index (χ3v) is 4.45. The molecule has 2 aromatic rings. The van der Waals surface area contributed by atoms with Crippen LogP contribution < -0.4 is 5.32 Å². The predicted molar refractivity (Wildman–Crippen MR) is 92.1 cm³/mol. The molecule has 0 saturated carbocycles. The number of carboxylic acid groups (broad SMARTS) is 1. The summed E-state index contributed by atoms with van der Waals surface area (Å²) < 4.78 is 0. The molecule has 0 amide bonds. The highest BCUT2D eigenvalue weighted by Crippen LogP contribution is 2.23. The van der Waals surface area contributed by atoms with Crippen LogP contribution in [-0.2, 0) is 13.0 Å². The van der Waals surface area contributed by atoms with E-state index in [0.29, 0.717) is 35.2 Å². The van der Waals surface area contributed by atoms with Crippen molar-refractivity contribution in [3.63, 3.8) is 0 Å². The molecule has 3 rings (SSSR count). The van der Waals surface area contributed by atoms with E-state index in [0.717, 1.165) is 16.9 Å². The van der Waals surface area contributed by atoms with Crippen LogP contribution in [-0.4, -0.2) is 37.8 Å². The summed E-state index contributed by atoms with van der Waals surface area (Å²) in [6.07, 6.45) is 0.678. The Hall–Kier alpha value is -2.12. The van der Waals surface area contributed by atoms with Gasteiger partial charge in [-0.3, -0.25) is 5.10 Å². The molecule has 3 N–H and O–H groups in total. The van der Waals surface area contributed by atoms with Crippen LogP contribution in [0.25, 0.3) is 0 Å². The molecule has 0 radical (unpaired) electrons. The van der Waals surface area contributed by atoms with E-state index in [-0.39, 0.29) is 5.69 Å². The Labute approximate surface area is 143 Å². The number of benzene rings is 1. The molecule has 120 valence electrons. The van der Waals surface area contributed by atoms with Gasteiger partial charge in [0.15, 0.2) is 10.8 Å². The van der Waals surface area contributed by atoms with Crippen molar-refractivity contribution in [2.24, 2.45) is 0 Å². The number of aromatic amines is 1. The van der Waals surface area contributed by atoms with Gasteiger partial charge < -0.3 is 15.3 Å². The van der Waals surface area contributed by atoms with Crippen molar-refractivity contribution in [3.05, 3.63) is 45.7 Å². The van der Waals surface area contributed by atoms with Gasteiger partial charge in [-0.2, -0.15) is 5.10 Å². The van der Waals surface area contributed by atoms with Crippen molar-refractivity contribution >= 4 is 40.6 Å². The van der Waals surface area contributed by atoms with Crippen molar-refractivity contribution in [1.82, 2.24) is 15.1 Å². The first-order valence-corrected chi connectivity index (χ1v) is 7.86. The van der Waals surface area contributed by atoms with Gasteiger partial charge in [0.05, 0.1) is 0 Å². The van der Waals surface area contributed by atoms with Gasteiger partial charge in [-0.25, -0.2) is 4.79 Å². The predicted octanol–water partition coefficient (Wildman–Crippen LogP) is 2.82. The highest BCUT2D eigenvalue weighted by molar-refractivity contribution is 7.80. The number of aromatic carboxylic acids is 1. The van der Waals surface area contributed by atoms with Crippen LogP contribution in [0.4, 0.5) is 5.69 Å². The van der Waals surface area contributed by atoms with Crippen LogP contribution >= 0.6 is 23.8 Å². The number of hydrogen-bond acceptors (Lipinski definition) is 3. The van der Waals surface area contributed by atoms with Gasteiger partial charge in [0.2, 0.25) is 0 Å². The summed E-state index contributed by atoms with van der Waals surface area (Å²) in [6, 6.07) is 5.53. The summed E-state index contributed by atoms with van der Waals surface area (Å²) in [6.45, 7) is 3.07. The molecule has 1 aromatic heterocycles. The molecular weight excluding hydrogens is 336 g/mol. The van der Waals surface area contributed by atoms with Crippen molar-refractivity contribution in [3.8, 4) is 0 Å². The van der Waals surface area contributed by atoms with Crippen LogP contribution in [0, 0.1) is 6.92 Å². The average Bonchev–Trinajstić information content (AvgIpc) is 2.93. The minimum absolute atomic E-state index is 0.0650. The van der Waals surface area contributed by atoms with E-state index in [1.807, 2.05) is 24.0 Å². The normalized spacial score (nSPS) is 13.6. The van der Waals surface area contributed by atoms with E-state index in [2.05, 4.69) is 15.5 Å². The summed E-state index contributed by atoms with van der Waals surface area (Å²) in [4.78, 5) is 13.2. The number of carbonyl (C=O) groups is 1. The molecule has 0 atom stereocenters. The number of thiocarbonyl (C=S) groups is 1. The largest absolute Gasteiger partial charge is 0.476 e. The van der Waals surface area contributed by atoms with Gasteiger partial charge in [0, 0.05) is 41.5 Å². The Bertz CT molecular complexity index is 790. The number of fused-ring (bicyclic) bond motifs is 1. The Balaban J connectivity index is 1.76. The first-order valence-electron chi connectivity index (χ1n) is 7.07. The number of nitrogens with zero attached hydrogens (tertiary/aromatic N) is 2. The minimum Gasteiger partial charge on any atom is -0.476 e. The highest BCUT2D eigenvalue weighted by Gasteiger charge is 2.26. The maximum absolute atomic E-state index is 11.2. The zero-order valence-corrected chi connectivity index (χ0v) is 14.0. The third-order valence-electron chi connectivity index (χ3n) is 3.85. The topological polar surface area (TPSA) is 81.2 Å². The molecule has 1 aliphatic rings. The number of hydrogen-bond donors (Lipinski definition) is 3. The lowest BCUT2D eigenvalue weighted by Gasteiger charge is -2.29. The van der Waals surface area contributed by atoms with Crippen LogP contribution in [0.5, 0.6) is 0 Å². The Morgan fingerprint density at radius 3 is 3.00 bits per heavy atom. The molecule has 0 fully saturated rings. The van der Waals surface area contributed by atoms with Crippen LogP contribution in [0.15, 0.2) is 18.2 Å². The van der Waals surface area contributed by atoms with Crippen LogP contribution in [0.2, 0.25) is 5.02 Å². The number of aromatic nitrogens is 2. The van der Waals surface area contributed by atoms with E-state index in [9.17, 15) is 9.90 Å². The fourth-order valence-electron chi connectivity index (χ4n) is 2.61. The number of carboxylic acids is 1. The first kappa shape index (κ1) is 15.8. The van der Waals surface area contributed by atoms with Crippen molar-refractivity contribution < 1.29 is 9.90 Å². The van der Waals surface area contributed by atoms with E-state index in [4.69, 9.17) is 23.8 Å². The maximum atomic E-state index is 11.2. The number of aryl methyl sites for hydroxylation is 1. The standard InChI is InChI=1S/C15H15ClN4O2S/c1-8-6-9(16)2-3-11(8)17-15(23)20-5-4-12-10(7-20)13(14(21)22)19-18-12/h2-3,6H,4-5,7H2,1H3,(H,17,23)(H,18,19)(H,21,22). The minimum atomic E-state index is -1.03. The van der Waals surface area contributed by atoms with E-state index in [1.54, 1.807) is 6.07 Å². The second-order valence-electron chi connectivity index (χ2n) is 5.40. The summed E-state index contributed by atoms with van der Waals surface area (Å²) in [5.41, 5.74) is 3.50. The van der Waals surface area contributed by atoms with Crippen molar-refractivity contribution in [2.75, 3.05) is 11.9 Å². The molecule has 6 nitrogen and oxygen atoms in total. The Kier molecular flexibility index (Phi) is 4.23. The highest BCUT2D eigenvalue weighted by atomic mass is 35.5. The molecule has 1 aromatic carbocycles. The van der Waals surface area contributed by atoms with Gasteiger partial charge in [0.25, 0.3) is 0 Å². The monoisotopic (exact) mass is 350 g/mol. The Morgan fingerprint density at radius 1 is 1.52 bits per heavy atom. The fraction of sp³-hybridized carbons (Fsp3) is 0.267. The zero-order valence-electron chi connectivity index (χ0n) is 12.4. The van der Waals surface area contributed by atoms with E-state index < -0.39 is 5.97 Å². The molecule has 0 bridgehead atoms. The molecule has 1 aliphatic heterocycles. The number of rotatable bonds is 2. The van der Waals surface area contributed by atoms with Gasteiger partial charge in [-0.15, -0.1) is 0 Å². The lowest BCUT2D eigenvalue weighted by Crippen LogP contribution is -2.39.